The summed E-state index contributed by atoms with van der Waals surface area (Å²) in [5.74, 6) is -1.96. The normalized spacial score (nSPS) is 13.2. The third-order valence-corrected chi connectivity index (χ3v) is 2.84. The molecule has 0 atom stereocenters. The zero-order valence-corrected chi connectivity index (χ0v) is 10.4. The van der Waals surface area contributed by atoms with Crippen LogP contribution in [0.25, 0.3) is 0 Å². The molecule has 0 bridgehead atoms. The number of Topliss-reactive ketones (excluding diaryl/α,β-unsaturated/α-hetero) is 1. The standard InChI is InChI=1S/C12H8ClN3O3/c13-7-1-2-8-9(5-7)16(12(19)11(8)18)6-10(17)15-4-3-14/h1-2,5H,4,6H2,(H,15,17). The Bertz CT molecular complexity index is 621. The number of nitrogens with zero attached hydrogens (tertiary/aromatic N) is 2. The zero-order valence-electron chi connectivity index (χ0n) is 9.64. The lowest BCUT2D eigenvalue weighted by Gasteiger charge is -2.15. The fraction of sp³-hybridized carbons (Fsp3) is 0.167. The molecule has 7 heteroatoms. The van der Waals surface area contributed by atoms with E-state index in [-0.39, 0.29) is 18.7 Å². The summed E-state index contributed by atoms with van der Waals surface area (Å²) in [5.41, 5.74) is 0.539. The van der Waals surface area contributed by atoms with E-state index >= 15 is 0 Å². The first-order valence-corrected chi connectivity index (χ1v) is 5.72. The summed E-state index contributed by atoms with van der Waals surface area (Å²) in [5, 5.41) is 11.0. The number of amides is 2. The number of halogens is 1. The van der Waals surface area contributed by atoms with Crippen LogP contribution in [0.2, 0.25) is 5.02 Å². The van der Waals surface area contributed by atoms with Crippen LogP contribution in [-0.2, 0) is 9.59 Å². The van der Waals surface area contributed by atoms with E-state index in [0.29, 0.717) is 10.7 Å². The van der Waals surface area contributed by atoms with Crippen molar-refractivity contribution in [1.29, 1.82) is 5.26 Å². The lowest BCUT2D eigenvalue weighted by atomic mass is 10.1. The topological polar surface area (TPSA) is 90.3 Å². The molecule has 0 radical (unpaired) electrons. The lowest BCUT2D eigenvalue weighted by Crippen LogP contribution is -2.40. The molecule has 1 aromatic rings. The minimum absolute atomic E-state index is 0.156. The molecule has 2 amide bonds. The van der Waals surface area contributed by atoms with Crippen LogP contribution < -0.4 is 10.2 Å². The maximum Gasteiger partial charge on any atom is 0.299 e. The number of hydrogen-bond acceptors (Lipinski definition) is 4. The average Bonchev–Trinajstić information content (AvgIpc) is 2.61. The molecular formula is C12H8ClN3O3. The molecule has 1 N–H and O–H groups in total. The molecule has 1 aliphatic rings. The highest BCUT2D eigenvalue weighted by molar-refractivity contribution is 6.53. The van der Waals surface area contributed by atoms with Crippen LogP contribution in [0.1, 0.15) is 10.4 Å². The maximum absolute atomic E-state index is 11.8. The van der Waals surface area contributed by atoms with Crippen molar-refractivity contribution in [1.82, 2.24) is 5.32 Å². The number of nitriles is 1. The van der Waals surface area contributed by atoms with Gasteiger partial charge in [0.1, 0.15) is 13.1 Å². The summed E-state index contributed by atoms with van der Waals surface area (Å²) in [6, 6.07) is 6.16. The van der Waals surface area contributed by atoms with E-state index in [1.54, 1.807) is 6.07 Å². The number of carbonyl (C=O) groups is 3. The third kappa shape index (κ3) is 2.41. The summed E-state index contributed by atoms with van der Waals surface area (Å²) < 4.78 is 0. The molecule has 1 heterocycles. The van der Waals surface area contributed by atoms with Gasteiger partial charge < -0.3 is 5.32 Å². The first kappa shape index (κ1) is 13.1. The van der Waals surface area contributed by atoms with Gasteiger partial charge in [-0.3, -0.25) is 19.3 Å². The summed E-state index contributed by atoms with van der Waals surface area (Å²) in [6.07, 6.45) is 0. The molecule has 0 saturated carbocycles. The second-order valence-corrected chi connectivity index (χ2v) is 4.25. The largest absolute Gasteiger partial charge is 0.341 e. The Morgan fingerprint density at radius 1 is 1.42 bits per heavy atom. The Balaban J connectivity index is 2.26. The lowest BCUT2D eigenvalue weighted by molar-refractivity contribution is -0.121. The second-order valence-electron chi connectivity index (χ2n) is 3.82. The van der Waals surface area contributed by atoms with Gasteiger partial charge in [-0.15, -0.1) is 0 Å². The van der Waals surface area contributed by atoms with Crippen LogP contribution in [0.3, 0.4) is 0 Å². The maximum atomic E-state index is 11.8. The van der Waals surface area contributed by atoms with Crippen LogP contribution >= 0.6 is 11.6 Å². The SMILES string of the molecule is N#CCNC(=O)CN1C(=O)C(=O)c2ccc(Cl)cc21. The van der Waals surface area contributed by atoms with Crippen molar-refractivity contribution < 1.29 is 14.4 Å². The number of nitrogens with one attached hydrogen (secondary N) is 1. The molecule has 6 nitrogen and oxygen atoms in total. The molecule has 19 heavy (non-hydrogen) atoms. The van der Waals surface area contributed by atoms with Crippen LogP contribution in [0.4, 0.5) is 5.69 Å². The van der Waals surface area contributed by atoms with Gasteiger partial charge in [-0.2, -0.15) is 5.26 Å². The van der Waals surface area contributed by atoms with E-state index in [0.717, 1.165) is 4.90 Å². The molecule has 0 spiro atoms. The fourth-order valence-corrected chi connectivity index (χ4v) is 1.93. The first-order chi connectivity index (χ1) is 9.04. The van der Waals surface area contributed by atoms with Gasteiger partial charge in [0.15, 0.2) is 0 Å². The van der Waals surface area contributed by atoms with Crippen molar-refractivity contribution in [2.45, 2.75) is 0 Å². The number of carbonyl (C=O) groups excluding carboxylic acids is 3. The Morgan fingerprint density at radius 2 is 2.16 bits per heavy atom. The Kier molecular flexibility index (Phi) is 3.49. The molecule has 1 aromatic carbocycles. The van der Waals surface area contributed by atoms with E-state index in [4.69, 9.17) is 16.9 Å². The van der Waals surface area contributed by atoms with Crippen LogP contribution in [0.15, 0.2) is 18.2 Å². The molecule has 0 saturated heterocycles. The van der Waals surface area contributed by atoms with E-state index in [2.05, 4.69) is 5.32 Å². The highest BCUT2D eigenvalue weighted by Gasteiger charge is 2.36. The molecule has 0 unspecified atom stereocenters. The van der Waals surface area contributed by atoms with Gasteiger partial charge in [-0.1, -0.05) is 11.6 Å². The van der Waals surface area contributed by atoms with E-state index in [1.165, 1.54) is 18.2 Å². The van der Waals surface area contributed by atoms with Crippen molar-refractivity contribution >= 4 is 34.9 Å². The fourth-order valence-electron chi connectivity index (χ4n) is 1.76. The monoisotopic (exact) mass is 277 g/mol. The first-order valence-electron chi connectivity index (χ1n) is 5.34. The number of ketones is 1. The number of fused-ring (bicyclic) bond motifs is 1. The van der Waals surface area contributed by atoms with E-state index < -0.39 is 17.6 Å². The minimum atomic E-state index is -0.774. The van der Waals surface area contributed by atoms with E-state index in [9.17, 15) is 14.4 Å². The zero-order chi connectivity index (χ0) is 14.0. The highest BCUT2D eigenvalue weighted by Crippen LogP contribution is 2.31. The predicted octanol–water partition coefficient (Wildman–Crippen LogP) is 0.509. The summed E-state index contributed by atoms with van der Waals surface area (Å²) in [4.78, 5) is 36.0. The molecule has 1 aliphatic heterocycles. The van der Waals surface area contributed by atoms with Gasteiger partial charge in [-0.25, -0.2) is 0 Å². The Hall–Kier alpha value is -2.39. The predicted molar refractivity (Wildman–Crippen MR) is 66.8 cm³/mol. The molecule has 0 fully saturated rings. The smallest absolute Gasteiger partial charge is 0.299 e. The number of benzene rings is 1. The van der Waals surface area contributed by atoms with Gasteiger partial charge in [0.25, 0.3) is 11.7 Å². The third-order valence-electron chi connectivity index (χ3n) is 2.60. The Labute approximate surface area is 113 Å². The quantitative estimate of drug-likeness (QED) is 0.644. The number of rotatable bonds is 3. The van der Waals surface area contributed by atoms with Gasteiger partial charge in [-0.05, 0) is 18.2 Å². The van der Waals surface area contributed by atoms with Crippen molar-refractivity contribution in [3.63, 3.8) is 0 Å². The molecule has 0 aromatic heterocycles. The number of hydrogen-bond donors (Lipinski definition) is 1. The average molecular weight is 278 g/mol. The number of anilines is 1. The van der Waals surface area contributed by atoms with Crippen molar-refractivity contribution in [3.05, 3.63) is 28.8 Å². The van der Waals surface area contributed by atoms with Crippen LogP contribution in [0, 0.1) is 11.3 Å². The minimum Gasteiger partial charge on any atom is -0.341 e. The van der Waals surface area contributed by atoms with Crippen molar-refractivity contribution in [2.24, 2.45) is 0 Å². The van der Waals surface area contributed by atoms with Crippen molar-refractivity contribution in [3.8, 4) is 6.07 Å². The summed E-state index contributed by atoms with van der Waals surface area (Å²) in [7, 11) is 0. The summed E-state index contributed by atoms with van der Waals surface area (Å²) in [6.45, 7) is -0.475. The Morgan fingerprint density at radius 3 is 2.84 bits per heavy atom. The second kappa shape index (κ2) is 5.08. The van der Waals surface area contributed by atoms with Crippen molar-refractivity contribution in [2.75, 3.05) is 18.0 Å². The van der Waals surface area contributed by atoms with Gasteiger partial charge in [0.05, 0.1) is 17.3 Å². The van der Waals surface area contributed by atoms with Gasteiger partial charge >= 0.3 is 0 Å². The van der Waals surface area contributed by atoms with Crippen LogP contribution in [0.5, 0.6) is 0 Å². The molecule has 96 valence electrons. The molecule has 0 aliphatic carbocycles. The molecular weight excluding hydrogens is 270 g/mol. The van der Waals surface area contributed by atoms with Gasteiger partial charge in [0, 0.05) is 5.02 Å². The highest BCUT2D eigenvalue weighted by atomic mass is 35.5. The molecule has 2 rings (SSSR count). The van der Waals surface area contributed by atoms with Crippen LogP contribution in [-0.4, -0.2) is 30.7 Å². The van der Waals surface area contributed by atoms with Gasteiger partial charge in [0.2, 0.25) is 5.91 Å². The van der Waals surface area contributed by atoms with E-state index in [1.807, 2.05) is 0 Å². The summed E-state index contributed by atoms with van der Waals surface area (Å²) >= 11 is 5.81.